The summed E-state index contributed by atoms with van der Waals surface area (Å²) in [6.07, 6.45) is 0. The molecule has 0 spiro atoms. The Bertz CT molecular complexity index is 217. The molecule has 0 heterocycles. The largest absolute Gasteiger partial charge is 0.665 e. The van der Waals surface area contributed by atoms with E-state index in [0.29, 0.717) is 0 Å². The van der Waals surface area contributed by atoms with Gasteiger partial charge in [0.1, 0.15) is 0 Å². The summed E-state index contributed by atoms with van der Waals surface area (Å²) in [7, 11) is -9.96. The van der Waals surface area contributed by atoms with Gasteiger partial charge in [0.25, 0.3) is 0 Å². The number of hydrogen-bond donors (Lipinski definition) is 8. The molecule has 88 valence electrons. The second-order valence-corrected chi connectivity index (χ2v) is 7.37. The minimum atomic E-state index is -5.52. The van der Waals surface area contributed by atoms with Gasteiger partial charge >= 0.3 is 50.2 Å². The third kappa shape index (κ3) is 39.2. The van der Waals surface area contributed by atoms with Crippen molar-refractivity contribution in [1.29, 1.82) is 0 Å². The number of hydrogen-bond acceptors (Lipinski definition) is 9. The molecule has 0 aliphatic heterocycles. The van der Waals surface area contributed by atoms with Crippen LogP contribution in [-0.4, -0.2) is 72.8 Å². The first-order valence-corrected chi connectivity index (χ1v) is 9.94. The molecule has 14 heteroatoms. The van der Waals surface area contributed by atoms with Crippen molar-refractivity contribution in [3.63, 3.8) is 0 Å². The molecule has 0 amide bonds. The van der Waals surface area contributed by atoms with Gasteiger partial charge in [-0.25, -0.2) is 0 Å². The molecular formula is H8O11Si2Te. The average Bonchev–Trinajstić information content (AvgIpc) is 1.42. The van der Waals surface area contributed by atoms with E-state index in [9.17, 15) is 0 Å². The van der Waals surface area contributed by atoms with Crippen molar-refractivity contribution in [3.8, 4) is 0 Å². The van der Waals surface area contributed by atoms with Gasteiger partial charge in [0.15, 0.2) is 0 Å². The third-order valence-corrected chi connectivity index (χ3v) is 2.46. The van der Waals surface area contributed by atoms with Crippen LogP contribution in [0.4, 0.5) is 0 Å². The summed E-state index contributed by atoms with van der Waals surface area (Å²) in [4.78, 5) is 47.6. The van der Waals surface area contributed by atoms with Crippen LogP contribution in [0.15, 0.2) is 0 Å². The molecule has 0 bridgehead atoms. The third-order valence-electron chi connectivity index (χ3n) is 0.274. The van der Waals surface area contributed by atoms with Crippen molar-refractivity contribution in [2.75, 3.05) is 0 Å². The molecule has 0 aromatic carbocycles. The molecule has 0 unspecified atom stereocenters. The number of rotatable bonds is 2. The molecule has 0 atom stereocenters. The normalized spacial score (nSPS) is 13.1. The Hall–Kier alpha value is 0.463. The Morgan fingerprint density at radius 2 is 0.929 bits per heavy atom. The van der Waals surface area contributed by atoms with Gasteiger partial charge in [-0.2, -0.15) is 0 Å². The van der Waals surface area contributed by atoms with Crippen molar-refractivity contribution in [2.24, 2.45) is 0 Å². The second kappa shape index (κ2) is 5.52. The van der Waals surface area contributed by atoms with Gasteiger partial charge in [0.2, 0.25) is 0 Å². The summed E-state index contributed by atoms with van der Waals surface area (Å²) in [5, 5.41) is 0. The molecule has 0 aliphatic rings. The molecule has 0 aliphatic carbocycles. The van der Waals surface area contributed by atoms with Crippen molar-refractivity contribution in [1.82, 2.24) is 0 Å². The zero-order valence-corrected chi connectivity index (χ0v) is 10.5. The molecule has 0 saturated carbocycles. The molecule has 0 rings (SSSR count). The topological polar surface area (TPSA) is 205 Å². The Kier molecular flexibility index (Phi) is 6.66. The molecule has 0 fully saturated rings. The van der Waals surface area contributed by atoms with Gasteiger partial charge in [0, 0.05) is 0 Å². The van der Waals surface area contributed by atoms with E-state index in [1.807, 2.05) is 0 Å². The maximum Gasteiger partial charge on any atom is 0.665 e. The van der Waals surface area contributed by atoms with Crippen molar-refractivity contribution >= 4 is 37.1 Å². The molecular weight excluding hydrogens is 360 g/mol. The van der Waals surface area contributed by atoms with Crippen LogP contribution in [0.2, 0.25) is 0 Å². The van der Waals surface area contributed by atoms with Crippen molar-refractivity contribution < 1.29 is 46.0 Å². The fraction of sp³-hybridized carbons (Fsp3) is 0. The van der Waals surface area contributed by atoms with Crippen LogP contribution >= 0.6 is 0 Å². The second-order valence-electron chi connectivity index (χ2n) is 1.70. The summed E-state index contributed by atoms with van der Waals surface area (Å²) >= 11 is -5.52. The van der Waals surface area contributed by atoms with E-state index < -0.39 is 37.1 Å². The summed E-state index contributed by atoms with van der Waals surface area (Å²) in [6.45, 7) is 0. The average molecular weight is 368 g/mol. The molecule has 0 radical (unpaired) electrons. The van der Waals surface area contributed by atoms with Gasteiger partial charge in [0.05, 0.1) is 0 Å². The van der Waals surface area contributed by atoms with Crippen molar-refractivity contribution in [3.05, 3.63) is 0 Å². The van der Waals surface area contributed by atoms with Crippen molar-refractivity contribution in [2.45, 2.75) is 0 Å². The Labute approximate surface area is 83.3 Å². The monoisotopic (exact) mass is 370 g/mol. The zero-order chi connectivity index (χ0) is 12.2. The summed E-state index contributed by atoms with van der Waals surface area (Å²) in [6, 6.07) is 0. The molecule has 0 aromatic heterocycles. The zero-order valence-electron chi connectivity index (χ0n) is 6.21. The molecule has 14 heavy (non-hydrogen) atoms. The van der Waals surface area contributed by atoms with Crippen LogP contribution in [0.3, 0.4) is 0 Å². The molecule has 11 nitrogen and oxygen atoms in total. The summed E-state index contributed by atoms with van der Waals surface area (Å²) < 4.78 is 35.2. The Morgan fingerprint density at radius 1 is 0.786 bits per heavy atom. The minimum Gasteiger partial charge on any atom is -0.368 e. The Balaban J connectivity index is 0. The standard InChI is InChI=1S/H6O7Si2.H2O4Te/c1-8(2,3)7-9(4,5)6;1-5(2,3)4/h1-6H;(H2,1,2,3,4). The van der Waals surface area contributed by atoms with E-state index in [0.717, 1.165) is 0 Å². The Morgan fingerprint density at radius 3 is 0.929 bits per heavy atom. The van der Waals surface area contributed by atoms with Crippen LogP contribution in [0.1, 0.15) is 0 Å². The van der Waals surface area contributed by atoms with Crippen LogP contribution < -0.4 is 0 Å². The molecule has 0 aromatic rings. The van der Waals surface area contributed by atoms with Gasteiger partial charge in [-0.3, -0.25) is 0 Å². The smallest absolute Gasteiger partial charge is 0.368 e. The van der Waals surface area contributed by atoms with E-state index in [4.69, 9.17) is 41.9 Å². The first-order valence-electron chi connectivity index (χ1n) is 2.45. The van der Waals surface area contributed by atoms with Gasteiger partial charge in [-0.1, -0.05) is 0 Å². The predicted molar refractivity (Wildman–Crippen MR) is 37.5 cm³/mol. The SMILES string of the molecule is O=[Te](=O)(O)O.O[Si](O)(O)O[Si](O)(O)O. The van der Waals surface area contributed by atoms with Gasteiger partial charge in [-0.15, -0.1) is 0 Å². The quantitative estimate of drug-likeness (QED) is 0.215. The van der Waals surface area contributed by atoms with Crippen LogP contribution in [-0.2, 0) is 10.3 Å². The van der Waals surface area contributed by atoms with E-state index in [-0.39, 0.29) is 0 Å². The van der Waals surface area contributed by atoms with E-state index >= 15 is 0 Å². The fourth-order valence-electron chi connectivity index (χ4n) is 0.184. The van der Waals surface area contributed by atoms with E-state index in [1.165, 1.54) is 0 Å². The van der Waals surface area contributed by atoms with Crippen LogP contribution in [0, 0.1) is 0 Å². The first-order chi connectivity index (χ1) is 5.71. The first kappa shape index (κ1) is 16.9. The summed E-state index contributed by atoms with van der Waals surface area (Å²) in [5.41, 5.74) is 0. The van der Waals surface area contributed by atoms with Crippen LogP contribution in [0.5, 0.6) is 0 Å². The van der Waals surface area contributed by atoms with E-state index in [1.54, 1.807) is 0 Å². The van der Waals surface area contributed by atoms with Gasteiger partial charge < -0.3 is 32.9 Å². The maximum absolute atomic E-state index is 8.85. The predicted octanol–water partition coefficient (Wildman–Crippen LogP) is -5.90. The van der Waals surface area contributed by atoms with E-state index in [2.05, 4.69) is 4.12 Å². The molecule has 0 saturated heterocycles. The molecule has 8 N–H and O–H groups in total. The minimum absolute atomic E-state index is 3.24. The summed E-state index contributed by atoms with van der Waals surface area (Å²) in [5.74, 6) is 0. The fourth-order valence-corrected chi connectivity index (χ4v) is 1.65. The maximum atomic E-state index is 8.85. The van der Waals surface area contributed by atoms with Crippen LogP contribution in [0.25, 0.3) is 0 Å². The van der Waals surface area contributed by atoms with Gasteiger partial charge in [-0.05, 0) is 0 Å².